The van der Waals surface area contributed by atoms with E-state index >= 15 is 0 Å². The minimum atomic E-state index is -0.524. The van der Waals surface area contributed by atoms with Gasteiger partial charge in [0.05, 0.1) is 0 Å². The van der Waals surface area contributed by atoms with E-state index < -0.39 is 12.1 Å². The third-order valence-corrected chi connectivity index (χ3v) is 7.79. The molecule has 4 atom stereocenters. The van der Waals surface area contributed by atoms with Crippen LogP contribution in [0.3, 0.4) is 0 Å². The Hall–Kier alpha value is -2.18. The molecule has 6 aromatic carbocycles. The Balaban J connectivity index is 0.000000180. The van der Waals surface area contributed by atoms with E-state index in [1.807, 2.05) is 60.7 Å². The topological polar surface area (TPSA) is 47.6 Å². The summed E-state index contributed by atoms with van der Waals surface area (Å²) in [6, 6.07) is 44.0. The van der Waals surface area contributed by atoms with E-state index in [1.165, 1.54) is 43.3 Å². The van der Waals surface area contributed by atoms with Crippen LogP contribution in [-0.2, 0) is 15.1 Å². The first kappa shape index (κ1) is 31.8. The fraction of sp³-hybridized carbons (Fsp3) is 0.0588. The zero-order chi connectivity index (χ0) is 29.2. The molecule has 41 heavy (non-hydrogen) atoms. The van der Waals surface area contributed by atoms with Crippen LogP contribution in [0, 0.1) is 0 Å². The van der Waals surface area contributed by atoms with Crippen molar-refractivity contribution in [3.63, 3.8) is 0 Å². The van der Waals surface area contributed by atoms with Crippen LogP contribution in [-0.4, -0.2) is 0 Å². The summed E-state index contributed by atoms with van der Waals surface area (Å²) in [5.41, 5.74) is 20.5. The number of nitrogens with one attached hydrogen (secondary N) is 2. The Labute approximate surface area is 262 Å². The first-order valence-corrected chi connectivity index (χ1v) is 18.5. The molecule has 0 saturated heterocycles. The molecule has 6 rings (SSSR count). The first-order chi connectivity index (χ1) is 20.0. The number of fused-ring (bicyclic) bond motifs is 2. The van der Waals surface area contributed by atoms with E-state index in [4.69, 9.17) is 30.8 Å². The Bertz CT molecular complexity index is 1580. The van der Waals surface area contributed by atoms with Crippen molar-refractivity contribution < 1.29 is 15.1 Å². The van der Waals surface area contributed by atoms with E-state index in [2.05, 4.69) is 91.3 Å². The zero-order valence-electron chi connectivity index (χ0n) is 22.1. The van der Waals surface area contributed by atoms with Crippen LogP contribution in [0.4, 0.5) is 0 Å². The molecule has 0 aliphatic rings. The van der Waals surface area contributed by atoms with Gasteiger partial charge in [0.15, 0.2) is 0 Å². The third kappa shape index (κ3) is 8.01. The molecule has 2 N–H and O–H groups in total. The van der Waals surface area contributed by atoms with Gasteiger partial charge in [-0.3, -0.25) is 0 Å². The van der Waals surface area contributed by atoms with Gasteiger partial charge in [0.2, 0.25) is 0 Å². The largest absolute Gasteiger partial charge is 0.672 e. The molecule has 6 aromatic rings. The molecular formula is C34H30Cl2N2P2Ru. The Morgan fingerprint density at radius 3 is 1.15 bits per heavy atom. The van der Waals surface area contributed by atoms with Crippen LogP contribution in [0.25, 0.3) is 44.1 Å². The third-order valence-electron chi connectivity index (χ3n) is 6.82. The van der Waals surface area contributed by atoms with E-state index in [9.17, 15) is 0 Å². The van der Waals surface area contributed by atoms with E-state index in [0.717, 1.165) is 11.1 Å². The minimum Gasteiger partial charge on any atom is -0.672 e. The summed E-state index contributed by atoms with van der Waals surface area (Å²) in [4.78, 5) is 0. The van der Waals surface area contributed by atoms with Crippen LogP contribution < -0.4 is 10.6 Å². The van der Waals surface area contributed by atoms with Gasteiger partial charge >= 0.3 is 34.5 Å². The van der Waals surface area contributed by atoms with Crippen LogP contribution >= 0.6 is 37.9 Å². The second-order valence-electron chi connectivity index (χ2n) is 9.33. The van der Waals surface area contributed by atoms with Crippen molar-refractivity contribution in [1.29, 1.82) is 0 Å². The number of rotatable bonds is 4. The van der Waals surface area contributed by atoms with Gasteiger partial charge in [-0.2, -0.15) is 0 Å². The van der Waals surface area contributed by atoms with Crippen LogP contribution in [0.5, 0.6) is 0 Å². The summed E-state index contributed by atoms with van der Waals surface area (Å²) in [5.74, 6) is 0. The van der Waals surface area contributed by atoms with Crippen molar-refractivity contribution in [1.82, 2.24) is 0 Å². The summed E-state index contributed by atoms with van der Waals surface area (Å²) in [5, 5.41) is 7.63. The molecular weight excluding hydrogens is 670 g/mol. The molecule has 2 unspecified atom stereocenters. The molecule has 0 bridgehead atoms. The monoisotopic (exact) mass is 700 g/mol. The van der Waals surface area contributed by atoms with Gasteiger partial charge < -0.3 is 11.5 Å². The predicted octanol–water partition coefficient (Wildman–Crippen LogP) is 10.6. The fourth-order valence-electron chi connectivity index (χ4n) is 4.84. The maximum absolute atomic E-state index is 8.07. The minimum absolute atomic E-state index is 0.346. The van der Waals surface area contributed by atoms with Crippen molar-refractivity contribution in [2.75, 3.05) is 0 Å². The molecule has 0 amide bonds. The molecule has 0 fully saturated rings. The van der Waals surface area contributed by atoms with Crippen molar-refractivity contribution in [3.8, 4) is 11.1 Å². The average molecular weight is 701 g/mol. The van der Waals surface area contributed by atoms with Gasteiger partial charge in [-0.05, 0) is 43.3 Å². The van der Waals surface area contributed by atoms with Crippen LogP contribution in [0.15, 0.2) is 133 Å². The summed E-state index contributed by atoms with van der Waals surface area (Å²) >= 11 is -0.346. The van der Waals surface area contributed by atoms with Crippen molar-refractivity contribution in [2.24, 2.45) is 0 Å². The summed E-state index contributed by atoms with van der Waals surface area (Å²) < 4.78 is 0. The molecule has 7 heteroatoms. The summed E-state index contributed by atoms with van der Waals surface area (Å²) in [7, 11) is 15.5. The van der Waals surface area contributed by atoms with Crippen molar-refractivity contribution in [3.05, 3.63) is 156 Å². The van der Waals surface area contributed by atoms with Gasteiger partial charge in [-0.15, -0.1) is 30.6 Å². The van der Waals surface area contributed by atoms with Gasteiger partial charge in [-0.25, -0.2) is 0 Å². The van der Waals surface area contributed by atoms with Gasteiger partial charge in [0.25, 0.3) is 0 Å². The second-order valence-corrected chi connectivity index (χ2v) is 13.2. The van der Waals surface area contributed by atoms with E-state index in [0.29, 0.717) is 0 Å². The first-order valence-electron chi connectivity index (χ1n) is 12.9. The van der Waals surface area contributed by atoms with Crippen LogP contribution in [0.1, 0.15) is 23.2 Å². The number of halogens is 2. The van der Waals surface area contributed by atoms with E-state index in [1.54, 1.807) is 0 Å². The molecule has 0 heterocycles. The zero-order valence-corrected chi connectivity index (χ0v) is 27.7. The summed E-state index contributed by atoms with van der Waals surface area (Å²) in [6.07, 6.45) is 0. The molecule has 0 radical (unpaired) electrons. The molecule has 0 spiro atoms. The average Bonchev–Trinajstić information content (AvgIpc) is 3.02. The molecule has 0 aromatic heterocycles. The van der Waals surface area contributed by atoms with Crippen molar-refractivity contribution >= 4 is 70.0 Å². The number of hydrogen-bond acceptors (Lipinski definition) is 0. The van der Waals surface area contributed by atoms with Gasteiger partial charge in [-0.1, -0.05) is 145 Å². The second kappa shape index (κ2) is 15.9. The maximum atomic E-state index is 8.07. The smallest absolute Gasteiger partial charge is 0.0606 e. The van der Waals surface area contributed by atoms with Gasteiger partial charge in [0, 0.05) is 0 Å². The van der Waals surface area contributed by atoms with Gasteiger partial charge in [0.1, 0.15) is 0 Å². The fourth-order valence-corrected chi connectivity index (χ4v) is 5.63. The molecule has 208 valence electrons. The molecule has 0 aliphatic heterocycles. The number of benzene rings is 6. The molecule has 0 saturated carbocycles. The standard InChI is InChI=1S/C20H16P2.C14H14N2.2ClH.Ru/c21-17-11-9-13-5-1-3-7-15(13)19(17)20-16-8-4-2-6-14(16)10-12-18(20)22;15-13(11-7-3-1-4-8-11)14(16)12-9-5-2-6-10-12;;;/h1-12H,21-22H2;1-10,13-16H;2*1H;/q;-2;;;+4/p-2/t;13-,14-;;;/m.1.../s1. The van der Waals surface area contributed by atoms with E-state index in [-0.39, 0.29) is 15.1 Å². The van der Waals surface area contributed by atoms with Crippen molar-refractivity contribution in [2.45, 2.75) is 12.1 Å². The Morgan fingerprint density at radius 2 is 0.780 bits per heavy atom. The van der Waals surface area contributed by atoms with Crippen LogP contribution in [0.2, 0.25) is 0 Å². The maximum Gasteiger partial charge on any atom is -0.0606 e. The normalized spacial score (nSPS) is 12.0. The Kier molecular flexibility index (Phi) is 12.3. The Morgan fingerprint density at radius 1 is 0.463 bits per heavy atom. The summed E-state index contributed by atoms with van der Waals surface area (Å²) in [6.45, 7) is 0. The molecule has 0 aliphatic carbocycles. The predicted molar refractivity (Wildman–Crippen MR) is 184 cm³/mol. The quantitative estimate of drug-likeness (QED) is 0.130. The SMILES string of the molecule is Pc1ccc2ccccc2c1-c1c(P)ccc2ccccc12.[Cl][Ru+2][Cl].[NH-][C@H](c1ccccc1)[C@H]([NH-])c1ccccc1. The number of hydrogen-bond donors (Lipinski definition) is 0. The molecule has 2 nitrogen and oxygen atoms in total.